The Morgan fingerprint density at radius 1 is 1.23 bits per heavy atom. The molecule has 0 radical (unpaired) electrons. The van der Waals surface area contributed by atoms with Crippen molar-refractivity contribution < 1.29 is 13.5 Å². The number of halogens is 2. The Balaban J connectivity index is 1.78. The zero-order chi connectivity index (χ0) is 15.3. The van der Waals surface area contributed by atoms with E-state index in [-0.39, 0.29) is 19.0 Å². The quantitative estimate of drug-likeness (QED) is 0.880. The molecule has 2 aliphatic rings. The highest BCUT2D eigenvalue weighted by atomic mass is 19.3. The summed E-state index contributed by atoms with van der Waals surface area (Å²) in [5.74, 6) is -1.73. The molecule has 2 aliphatic heterocycles. The number of nitrogens with two attached hydrogens (primary N) is 1. The Kier molecular flexibility index (Phi) is 3.01. The molecule has 1 unspecified atom stereocenters. The third kappa shape index (κ3) is 2.29. The van der Waals surface area contributed by atoms with Gasteiger partial charge in [0.25, 0.3) is 5.92 Å². The van der Waals surface area contributed by atoms with Crippen LogP contribution in [0, 0.1) is 0 Å². The second kappa shape index (κ2) is 4.81. The van der Waals surface area contributed by atoms with Crippen LogP contribution in [-0.2, 0) is 6.42 Å². The van der Waals surface area contributed by atoms with Crippen molar-refractivity contribution in [1.29, 1.82) is 0 Å². The molecule has 1 fully saturated rings. The maximum Gasteiger partial charge on any atom is 0.266 e. The molecule has 1 atom stereocenters. The van der Waals surface area contributed by atoms with Crippen LogP contribution in [0.3, 0.4) is 0 Å². The maximum absolute atomic E-state index is 13.4. The number of alkyl halides is 2. The van der Waals surface area contributed by atoms with Crippen molar-refractivity contribution >= 4 is 16.5 Å². The molecule has 22 heavy (non-hydrogen) atoms. The maximum atomic E-state index is 13.4. The van der Waals surface area contributed by atoms with Crippen LogP contribution in [0.2, 0.25) is 0 Å². The first kappa shape index (κ1) is 13.8. The number of fused-ring (bicyclic) bond motifs is 3. The van der Waals surface area contributed by atoms with Gasteiger partial charge in [-0.3, -0.25) is 0 Å². The number of hydrogen-bond donors (Lipinski definition) is 1. The third-order valence-electron chi connectivity index (χ3n) is 4.53. The first-order chi connectivity index (χ1) is 10.5. The van der Waals surface area contributed by atoms with Crippen LogP contribution in [0.15, 0.2) is 30.3 Å². The second-order valence-corrected chi connectivity index (χ2v) is 6.25. The molecule has 2 N–H and O–H groups in total. The summed E-state index contributed by atoms with van der Waals surface area (Å²) in [6.45, 7) is 0.712. The number of ether oxygens (including phenoxy) is 1. The minimum Gasteiger partial charge on any atom is -0.492 e. The standard InChI is InChI=1S/C17H18F2N2O/c18-17(19)5-6-21(10-17)13-3-1-11-2-4-16-15(14(11)8-13)7-12(20)9-22-16/h1-4,8,12H,5-7,9-10,20H2. The van der Waals surface area contributed by atoms with Gasteiger partial charge >= 0.3 is 0 Å². The van der Waals surface area contributed by atoms with E-state index in [9.17, 15) is 8.78 Å². The molecule has 3 nitrogen and oxygen atoms in total. The van der Waals surface area contributed by atoms with Crippen LogP contribution in [-0.4, -0.2) is 31.7 Å². The third-order valence-corrected chi connectivity index (χ3v) is 4.53. The lowest BCUT2D eigenvalue weighted by atomic mass is 9.96. The molecule has 0 aliphatic carbocycles. The van der Waals surface area contributed by atoms with Crippen LogP contribution in [0.4, 0.5) is 14.5 Å². The van der Waals surface area contributed by atoms with E-state index in [1.165, 1.54) is 0 Å². The van der Waals surface area contributed by atoms with Crippen molar-refractivity contribution in [1.82, 2.24) is 0 Å². The van der Waals surface area contributed by atoms with E-state index in [2.05, 4.69) is 0 Å². The van der Waals surface area contributed by atoms with E-state index in [0.717, 1.165) is 34.2 Å². The molecule has 2 aromatic carbocycles. The highest BCUT2D eigenvalue weighted by Gasteiger charge is 2.38. The van der Waals surface area contributed by atoms with Gasteiger partial charge in [-0.2, -0.15) is 0 Å². The van der Waals surface area contributed by atoms with Gasteiger partial charge in [0.15, 0.2) is 0 Å². The van der Waals surface area contributed by atoms with Crippen molar-refractivity contribution in [3.05, 3.63) is 35.9 Å². The fourth-order valence-corrected chi connectivity index (χ4v) is 3.37. The minimum atomic E-state index is -2.59. The molecule has 5 heteroatoms. The molecule has 2 heterocycles. The lowest BCUT2D eigenvalue weighted by Gasteiger charge is -2.25. The smallest absolute Gasteiger partial charge is 0.266 e. The zero-order valence-electron chi connectivity index (χ0n) is 12.2. The van der Waals surface area contributed by atoms with Gasteiger partial charge in [0.1, 0.15) is 12.4 Å². The fraction of sp³-hybridized carbons (Fsp3) is 0.412. The summed E-state index contributed by atoms with van der Waals surface area (Å²) in [6, 6.07) is 9.86. The first-order valence-corrected chi connectivity index (χ1v) is 7.59. The van der Waals surface area contributed by atoms with E-state index in [4.69, 9.17) is 10.5 Å². The lowest BCUT2D eigenvalue weighted by molar-refractivity contribution is 0.0257. The van der Waals surface area contributed by atoms with Crippen molar-refractivity contribution in [3.8, 4) is 5.75 Å². The number of benzene rings is 2. The van der Waals surface area contributed by atoms with E-state index in [0.29, 0.717) is 13.2 Å². The predicted molar refractivity (Wildman–Crippen MR) is 82.9 cm³/mol. The Morgan fingerprint density at radius 2 is 2.05 bits per heavy atom. The van der Waals surface area contributed by atoms with Gasteiger partial charge in [-0.15, -0.1) is 0 Å². The highest BCUT2D eigenvalue weighted by molar-refractivity contribution is 5.91. The molecule has 1 saturated heterocycles. The highest BCUT2D eigenvalue weighted by Crippen LogP contribution is 2.36. The largest absolute Gasteiger partial charge is 0.492 e. The Bertz CT molecular complexity index is 732. The van der Waals surface area contributed by atoms with Crippen LogP contribution >= 0.6 is 0 Å². The molecule has 0 spiro atoms. The number of anilines is 1. The normalized spacial score (nSPS) is 23.4. The van der Waals surface area contributed by atoms with Crippen LogP contribution in [0.25, 0.3) is 10.8 Å². The Morgan fingerprint density at radius 3 is 2.82 bits per heavy atom. The van der Waals surface area contributed by atoms with E-state index in [1.807, 2.05) is 30.3 Å². The summed E-state index contributed by atoms with van der Waals surface area (Å²) >= 11 is 0. The summed E-state index contributed by atoms with van der Waals surface area (Å²) in [6.07, 6.45) is 0.679. The van der Waals surface area contributed by atoms with Crippen molar-refractivity contribution in [2.45, 2.75) is 24.8 Å². The molecule has 0 aromatic heterocycles. The number of rotatable bonds is 1. The summed E-state index contributed by atoms with van der Waals surface area (Å²) in [5.41, 5.74) is 7.93. The van der Waals surface area contributed by atoms with Crippen LogP contribution < -0.4 is 15.4 Å². The average Bonchev–Trinajstić information content (AvgIpc) is 2.87. The van der Waals surface area contributed by atoms with Crippen molar-refractivity contribution in [2.75, 3.05) is 24.6 Å². The fourth-order valence-electron chi connectivity index (χ4n) is 3.37. The SMILES string of the molecule is NC1COc2ccc3ccc(N4CCC(F)(F)C4)cc3c2C1. The van der Waals surface area contributed by atoms with Gasteiger partial charge < -0.3 is 15.4 Å². The van der Waals surface area contributed by atoms with E-state index in [1.54, 1.807) is 4.90 Å². The average molecular weight is 304 g/mol. The Labute approximate surface area is 127 Å². The van der Waals surface area contributed by atoms with E-state index < -0.39 is 5.92 Å². The molecule has 0 amide bonds. The van der Waals surface area contributed by atoms with Crippen molar-refractivity contribution in [2.24, 2.45) is 5.73 Å². The molecule has 116 valence electrons. The summed E-state index contributed by atoms with van der Waals surface area (Å²) < 4.78 is 32.6. The minimum absolute atomic E-state index is 0.0159. The van der Waals surface area contributed by atoms with Gasteiger partial charge in [-0.1, -0.05) is 12.1 Å². The lowest BCUT2D eigenvalue weighted by Crippen LogP contribution is -2.33. The topological polar surface area (TPSA) is 38.5 Å². The van der Waals surface area contributed by atoms with Crippen LogP contribution in [0.1, 0.15) is 12.0 Å². The van der Waals surface area contributed by atoms with Gasteiger partial charge in [-0.25, -0.2) is 8.78 Å². The molecule has 0 bridgehead atoms. The molecular weight excluding hydrogens is 286 g/mol. The molecular formula is C17H18F2N2O. The predicted octanol–water partition coefficient (Wildman–Crippen LogP) is 2.95. The summed E-state index contributed by atoms with van der Waals surface area (Å²) in [4.78, 5) is 1.75. The molecule has 4 rings (SSSR count). The monoisotopic (exact) mass is 304 g/mol. The van der Waals surface area contributed by atoms with Crippen LogP contribution in [0.5, 0.6) is 5.75 Å². The second-order valence-electron chi connectivity index (χ2n) is 6.25. The van der Waals surface area contributed by atoms with Gasteiger partial charge in [0.2, 0.25) is 0 Å². The summed E-state index contributed by atoms with van der Waals surface area (Å²) in [7, 11) is 0. The van der Waals surface area contributed by atoms with Gasteiger partial charge in [0, 0.05) is 30.3 Å². The van der Waals surface area contributed by atoms with Gasteiger partial charge in [0.05, 0.1) is 6.54 Å². The number of nitrogens with zero attached hydrogens (tertiary/aromatic N) is 1. The molecule has 0 saturated carbocycles. The molecule has 2 aromatic rings. The number of hydrogen-bond acceptors (Lipinski definition) is 3. The summed E-state index contributed by atoms with van der Waals surface area (Å²) in [5, 5.41) is 2.14. The first-order valence-electron chi connectivity index (χ1n) is 7.59. The van der Waals surface area contributed by atoms with E-state index >= 15 is 0 Å². The Hall–Kier alpha value is -1.88. The zero-order valence-corrected chi connectivity index (χ0v) is 12.2. The van der Waals surface area contributed by atoms with Gasteiger partial charge in [-0.05, 0) is 35.4 Å². The van der Waals surface area contributed by atoms with Crippen molar-refractivity contribution in [3.63, 3.8) is 0 Å².